The molecule has 0 aliphatic heterocycles. The number of nitrogens with zero attached hydrogens (tertiary/aromatic N) is 1. The number of ketones is 1. The number of aromatic nitrogens is 1. The number of carbonyl (C=O) groups excluding carboxylic acids is 2. The summed E-state index contributed by atoms with van der Waals surface area (Å²) in [6.45, 7) is 1.76. The van der Waals surface area contributed by atoms with E-state index >= 15 is 0 Å². The number of carbonyl (C=O) groups is 2. The van der Waals surface area contributed by atoms with Crippen LogP contribution in [0.15, 0.2) is 48.5 Å². The van der Waals surface area contributed by atoms with E-state index in [4.69, 9.17) is 23.2 Å². The van der Waals surface area contributed by atoms with Gasteiger partial charge in [0.15, 0.2) is 10.9 Å². The molecule has 0 saturated carbocycles. The van der Waals surface area contributed by atoms with Crippen molar-refractivity contribution < 1.29 is 9.59 Å². The molecule has 0 bridgehead atoms. The number of nitrogens with one attached hydrogen (secondary N) is 1. The molecular formula is C20H16Cl2N2O2S. The van der Waals surface area contributed by atoms with Crippen LogP contribution in [-0.2, 0) is 6.42 Å². The molecule has 3 aromatic rings. The number of benzene rings is 2. The summed E-state index contributed by atoms with van der Waals surface area (Å²) in [6, 6.07) is 14.5. The van der Waals surface area contributed by atoms with Gasteiger partial charge in [-0.25, -0.2) is 4.98 Å². The maximum absolute atomic E-state index is 12.5. The molecule has 1 heterocycles. The number of hydrogen-bond donors (Lipinski definition) is 1. The quantitative estimate of drug-likeness (QED) is 0.512. The van der Waals surface area contributed by atoms with Gasteiger partial charge in [-0.05, 0) is 37.1 Å². The first-order valence-corrected chi connectivity index (χ1v) is 9.82. The van der Waals surface area contributed by atoms with Crippen LogP contribution in [0.4, 0.5) is 5.13 Å². The average Bonchev–Trinajstić information content (AvgIpc) is 3.03. The van der Waals surface area contributed by atoms with E-state index in [1.54, 1.807) is 19.1 Å². The van der Waals surface area contributed by atoms with Crippen molar-refractivity contribution >= 4 is 51.4 Å². The summed E-state index contributed by atoms with van der Waals surface area (Å²) < 4.78 is 0. The first-order chi connectivity index (χ1) is 12.9. The molecule has 1 aromatic heterocycles. The van der Waals surface area contributed by atoms with Gasteiger partial charge in [0.05, 0.1) is 20.6 Å². The van der Waals surface area contributed by atoms with E-state index in [9.17, 15) is 9.59 Å². The Hall–Kier alpha value is -2.21. The summed E-state index contributed by atoms with van der Waals surface area (Å²) in [6.07, 6.45) is 1.06. The Bertz CT molecular complexity index is 987. The highest BCUT2D eigenvalue weighted by Gasteiger charge is 2.17. The molecule has 0 aliphatic rings. The fourth-order valence-electron chi connectivity index (χ4n) is 2.53. The highest BCUT2D eigenvalue weighted by atomic mass is 35.5. The molecule has 0 saturated heterocycles. The summed E-state index contributed by atoms with van der Waals surface area (Å²) in [5.41, 5.74) is 2.10. The van der Waals surface area contributed by atoms with E-state index in [1.807, 2.05) is 30.3 Å². The van der Waals surface area contributed by atoms with E-state index < -0.39 is 0 Å². The number of rotatable bonds is 6. The number of hydrogen-bond acceptors (Lipinski definition) is 4. The zero-order valence-electron chi connectivity index (χ0n) is 14.5. The normalized spacial score (nSPS) is 10.6. The molecule has 0 spiro atoms. The minimum atomic E-state index is -0.356. The standard InChI is InChI=1S/C20H16Cl2N2O2S/c1-12-18(17(25)10-7-13-5-3-2-4-6-13)27-20(23-12)24-19(26)14-8-9-15(21)16(22)11-14/h2-6,8-9,11H,7,10H2,1H3,(H,23,24,26). The molecule has 27 heavy (non-hydrogen) atoms. The van der Waals surface area contributed by atoms with Crippen molar-refractivity contribution in [3.05, 3.63) is 80.3 Å². The van der Waals surface area contributed by atoms with Gasteiger partial charge < -0.3 is 0 Å². The van der Waals surface area contributed by atoms with Crippen molar-refractivity contribution in [2.24, 2.45) is 0 Å². The Kier molecular flexibility index (Phi) is 6.26. The second-order valence-corrected chi connectivity index (χ2v) is 7.74. The molecular weight excluding hydrogens is 403 g/mol. The molecule has 0 atom stereocenters. The van der Waals surface area contributed by atoms with Crippen LogP contribution in [0.3, 0.4) is 0 Å². The van der Waals surface area contributed by atoms with E-state index in [0.717, 1.165) is 5.56 Å². The lowest BCUT2D eigenvalue weighted by atomic mass is 10.1. The summed E-state index contributed by atoms with van der Waals surface area (Å²) in [4.78, 5) is 29.7. The molecule has 1 N–H and O–H groups in total. The number of Topliss-reactive ketones (excluding diaryl/α,β-unsaturated/α-hetero) is 1. The van der Waals surface area contributed by atoms with E-state index in [1.165, 1.54) is 17.4 Å². The van der Waals surface area contributed by atoms with Gasteiger partial charge in [0.25, 0.3) is 5.91 Å². The summed E-state index contributed by atoms with van der Waals surface area (Å²) in [5.74, 6) is -0.338. The van der Waals surface area contributed by atoms with Gasteiger partial charge in [-0.1, -0.05) is 64.9 Å². The van der Waals surface area contributed by atoms with Gasteiger partial charge in [-0.15, -0.1) is 0 Å². The van der Waals surface area contributed by atoms with Crippen LogP contribution in [0.1, 0.15) is 37.7 Å². The number of halogens is 2. The van der Waals surface area contributed by atoms with Gasteiger partial charge in [0.2, 0.25) is 0 Å². The molecule has 0 aliphatic carbocycles. The van der Waals surface area contributed by atoms with Crippen LogP contribution in [0.2, 0.25) is 10.0 Å². The van der Waals surface area contributed by atoms with Crippen LogP contribution < -0.4 is 5.32 Å². The lowest BCUT2D eigenvalue weighted by Crippen LogP contribution is -2.11. The maximum Gasteiger partial charge on any atom is 0.257 e. The van der Waals surface area contributed by atoms with Crippen molar-refractivity contribution in [2.75, 3.05) is 5.32 Å². The Morgan fingerprint density at radius 3 is 2.52 bits per heavy atom. The monoisotopic (exact) mass is 418 g/mol. The Morgan fingerprint density at radius 2 is 1.81 bits per heavy atom. The summed E-state index contributed by atoms with van der Waals surface area (Å²) in [7, 11) is 0. The Labute approximate surface area is 171 Å². The molecule has 4 nitrogen and oxygen atoms in total. The first-order valence-electron chi connectivity index (χ1n) is 8.25. The third kappa shape index (κ3) is 4.95. The lowest BCUT2D eigenvalue weighted by Gasteiger charge is -2.03. The Morgan fingerprint density at radius 1 is 1.07 bits per heavy atom. The largest absolute Gasteiger partial charge is 0.298 e. The molecule has 0 unspecified atom stereocenters. The molecule has 0 fully saturated rings. The fraction of sp³-hybridized carbons (Fsp3) is 0.150. The van der Waals surface area contributed by atoms with E-state index in [2.05, 4.69) is 10.3 Å². The van der Waals surface area contributed by atoms with Crippen molar-refractivity contribution in [1.29, 1.82) is 0 Å². The number of thiazole rings is 1. The van der Waals surface area contributed by atoms with Crippen molar-refractivity contribution in [3.63, 3.8) is 0 Å². The van der Waals surface area contributed by atoms with E-state index in [-0.39, 0.29) is 11.7 Å². The smallest absolute Gasteiger partial charge is 0.257 e. The lowest BCUT2D eigenvalue weighted by molar-refractivity contribution is 0.0984. The van der Waals surface area contributed by atoms with Gasteiger partial charge in [0.1, 0.15) is 0 Å². The van der Waals surface area contributed by atoms with Crippen LogP contribution in [-0.4, -0.2) is 16.7 Å². The number of aryl methyl sites for hydroxylation is 2. The van der Waals surface area contributed by atoms with E-state index in [0.29, 0.717) is 44.2 Å². The molecule has 0 radical (unpaired) electrons. The number of anilines is 1. The van der Waals surface area contributed by atoms with Crippen LogP contribution in [0.5, 0.6) is 0 Å². The third-order valence-corrected chi connectivity index (χ3v) is 5.79. The second kappa shape index (κ2) is 8.65. The Balaban J connectivity index is 1.67. The SMILES string of the molecule is Cc1nc(NC(=O)c2ccc(Cl)c(Cl)c2)sc1C(=O)CCc1ccccc1. The van der Waals surface area contributed by atoms with Crippen LogP contribution in [0, 0.1) is 6.92 Å². The highest BCUT2D eigenvalue weighted by molar-refractivity contribution is 7.17. The predicted molar refractivity (Wildman–Crippen MR) is 110 cm³/mol. The predicted octanol–water partition coefficient (Wildman–Crippen LogP) is 5.83. The molecule has 2 aromatic carbocycles. The number of amides is 1. The minimum absolute atomic E-state index is 0.0175. The maximum atomic E-state index is 12.5. The average molecular weight is 419 g/mol. The topological polar surface area (TPSA) is 59.1 Å². The van der Waals surface area contributed by atoms with Crippen molar-refractivity contribution in [3.8, 4) is 0 Å². The molecule has 1 amide bonds. The minimum Gasteiger partial charge on any atom is -0.298 e. The zero-order valence-corrected chi connectivity index (χ0v) is 16.8. The summed E-state index contributed by atoms with van der Waals surface area (Å²) >= 11 is 13.0. The van der Waals surface area contributed by atoms with Gasteiger partial charge >= 0.3 is 0 Å². The third-order valence-electron chi connectivity index (χ3n) is 3.94. The molecule has 138 valence electrons. The zero-order chi connectivity index (χ0) is 19.4. The van der Waals surface area contributed by atoms with Crippen LogP contribution in [0.25, 0.3) is 0 Å². The van der Waals surface area contributed by atoms with Gasteiger partial charge in [0, 0.05) is 12.0 Å². The first kappa shape index (κ1) is 19.5. The van der Waals surface area contributed by atoms with Crippen molar-refractivity contribution in [2.45, 2.75) is 19.8 Å². The summed E-state index contributed by atoms with van der Waals surface area (Å²) in [5, 5.41) is 3.77. The molecule has 3 rings (SSSR count). The highest BCUT2D eigenvalue weighted by Crippen LogP contribution is 2.26. The molecule has 7 heteroatoms. The van der Waals surface area contributed by atoms with Gasteiger partial charge in [-0.3, -0.25) is 14.9 Å². The van der Waals surface area contributed by atoms with Crippen LogP contribution >= 0.6 is 34.5 Å². The van der Waals surface area contributed by atoms with Crippen molar-refractivity contribution in [1.82, 2.24) is 4.98 Å². The fourth-order valence-corrected chi connectivity index (χ4v) is 3.76. The van der Waals surface area contributed by atoms with Gasteiger partial charge in [-0.2, -0.15) is 0 Å². The second-order valence-electron chi connectivity index (χ2n) is 5.93.